The van der Waals surface area contributed by atoms with Gasteiger partial charge in [-0.25, -0.2) is 0 Å². The van der Waals surface area contributed by atoms with Crippen LogP contribution in [0.25, 0.3) is 11.6 Å². The molecule has 4 rings (SSSR count). The molecule has 0 spiro atoms. The highest BCUT2D eigenvalue weighted by atomic mass is 19.4. The summed E-state index contributed by atoms with van der Waals surface area (Å²) in [5.74, 6) is -1.14. The van der Waals surface area contributed by atoms with E-state index in [0.29, 0.717) is 16.8 Å². The fourth-order valence-electron chi connectivity index (χ4n) is 3.71. The first-order valence-electron chi connectivity index (χ1n) is 10.6. The van der Waals surface area contributed by atoms with E-state index in [4.69, 9.17) is 10.5 Å². The number of methoxy groups -OCH3 is 1. The molecule has 6 nitrogen and oxygen atoms in total. The highest BCUT2D eigenvalue weighted by Gasteiger charge is 2.35. The highest BCUT2D eigenvalue weighted by molar-refractivity contribution is 6.34. The van der Waals surface area contributed by atoms with Crippen molar-refractivity contribution in [2.24, 2.45) is 5.73 Å². The van der Waals surface area contributed by atoms with Gasteiger partial charge in [0.2, 0.25) is 0 Å². The maximum absolute atomic E-state index is 13.8. The molecule has 9 heteroatoms. The van der Waals surface area contributed by atoms with Crippen LogP contribution in [0.2, 0.25) is 0 Å². The van der Waals surface area contributed by atoms with Crippen molar-refractivity contribution in [3.05, 3.63) is 89.0 Å². The monoisotopic (exact) mass is 482 g/mol. The van der Waals surface area contributed by atoms with Crippen LogP contribution < -0.4 is 15.8 Å². The molecule has 3 N–H and O–H groups in total. The Morgan fingerprint density at radius 1 is 1.09 bits per heavy atom. The summed E-state index contributed by atoms with van der Waals surface area (Å²) in [5.41, 5.74) is 7.18. The molecule has 1 atom stereocenters. The number of nitrogens with one attached hydrogen (secondary N) is 1. The van der Waals surface area contributed by atoms with Gasteiger partial charge in [-0.3, -0.25) is 9.59 Å². The van der Waals surface area contributed by atoms with E-state index in [-0.39, 0.29) is 35.0 Å². The van der Waals surface area contributed by atoms with Gasteiger partial charge in [0.25, 0.3) is 5.91 Å². The number of anilines is 1. The van der Waals surface area contributed by atoms with Gasteiger partial charge in [0.05, 0.1) is 12.7 Å². The third-order valence-electron chi connectivity index (χ3n) is 5.44. The zero-order valence-corrected chi connectivity index (χ0v) is 18.6. The van der Waals surface area contributed by atoms with Crippen molar-refractivity contribution in [3.63, 3.8) is 0 Å². The number of hydrogen-bond acceptors (Lipinski definition) is 5. The number of carbonyl (C=O) groups excluding carboxylic acids is 2. The van der Waals surface area contributed by atoms with Gasteiger partial charge in [-0.2, -0.15) is 13.2 Å². The lowest BCUT2D eigenvalue weighted by Gasteiger charge is -2.15. The summed E-state index contributed by atoms with van der Waals surface area (Å²) < 4.78 is 51.6. The lowest BCUT2D eigenvalue weighted by atomic mass is 10.0. The van der Waals surface area contributed by atoms with Crippen LogP contribution in [0.15, 0.2) is 66.7 Å². The summed E-state index contributed by atoms with van der Waals surface area (Å²) in [6.07, 6.45) is -3.06. The van der Waals surface area contributed by atoms with Crippen molar-refractivity contribution < 1.29 is 32.2 Å². The van der Waals surface area contributed by atoms with Gasteiger partial charge in [-0.1, -0.05) is 36.4 Å². The quantitative estimate of drug-likeness (QED) is 0.380. The van der Waals surface area contributed by atoms with Crippen molar-refractivity contribution in [2.45, 2.75) is 18.6 Å². The summed E-state index contributed by atoms with van der Waals surface area (Å²) in [5, 5.41) is 2.69. The van der Waals surface area contributed by atoms with E-state index < -0.39 is 23.8 Å². The van der Waals surface area contributed by atoms with Crippen molar-refractivity contribution in [3.8, 4) is 11.5 Å². The first-order valence-corrected chi connectivity index (χ1v) is 10.6. The Morgan fingerprint density at radius 3 is 2.49 bits per heavy atom. The average molecular weight is 482 g/mol. The van der Waals surface area contributed by atoms with Gasteiger partial charge in [0.1, 0.15) is 17.5 Å². The lowest BCUT2D eigenvalue weighted by molar-refractivity contribution is -0.142. The van der Waals surface area contributed by atoms with Crippen LogP contribution in [0, 0.1) is 0 Å². The molecule has 0 saturated carbocycles. The maximum Gasteiger partial charge on any atom is 0.420 e. The van der Waals surface area contributed by atoms with Gasteiger partial charge in [-0.05, 0) is 54.0 Å². The van der Waals surface area contributed by atoms with E-state index >= 15 is 0 Å². The van der Waals surface area contributed by atoms with E-state index in [9.17, 15) is 22.8 Å². The van der Waals surface area contributed by atoms with Crippen LogP contribution in [0.4, 0.5) is 18.9 Å². The number of fused-ring (bicyclic) bond motifs is 1. The van der Waals surface area contributed by atoms with Crippen LogP contribution in [0.5, 0.6) is 11.5 Å². The summed E-state index contributed by atoms with van der Waals surface area (Å²) in [6.45, 7) is 0. The molecule has 1 amide bonds. The minimum absolute atomic E-state index is 0.182. The van der Waals surface area contributed by atoms with Crippen molar-refractivity contribution in [1.29, 1.82) is 0 Å². The molecular weight excluding hydrogens is 461 g/mol. The molecule has 3 aromatic rings. The lowest BCUT2D eigenvalue weighted by Crippen LogP contribution is -2.33. The Bertz CT molecular complexity index is 1300. The number of carbonyl (C=O) groups is 2. The summed E-state index contributed by atoms with van der Waals surface area (Å²) in [6, 6.07) is 15.9. The van der Waals surface area contributed by atoms with E-state index in [1.807, 2.05) is 0 Å². The molecule has 1 unspecified atom stereocenters. The molecule has 35 heavy (non-hydrogen) atoms. The Labute approximate surface area is 199 Å². The molecule has 1 aliphatic heterocycles. The van der Waals surface area contributed by atoms with Crippen LogP contribution in [0.3, 0.4) is 0 Å². The van der Waals surface area contributed by atoms with Crippen molar-refractivity contribution in [1.82, 2.24) is 0 Å². The number of hydrogen-bond donors (Lipinski definition) is 2. The second-order valence-electron chi connectivity index (χ2n) is 7.89. The molecule has 1 heterocycles. The Kier molecular flexibility index (Phi) is 6.61. The molecule has 3 aromatic carbocycles. The topological polar surface area (TPSA) is 90.7 Å². The largest absolute Gasteiger partial charge is 0.468 e. The molecular formula is C26H21F3N2O4. The smallest absolute Gasteiger partial charge is 0.420 e. The summed E-state index contributed by atoms with van der Waals surface area (Å²) in [7, 11) is 1.24. The first kappa shape index (κ1) is 24.0. The fourth-order valence-corrected chi connectivity index (χ4v) is 3.71. The Balaban J connectivity index is 1.59. The van der Waals surface area contributed by atoms with Gasteiger partial charge < -0.3 is 20.5 Å². The van der Waals surface area contributed by atoms with Crippen LogP contribution in [-0.2, 0) is 26.9 Å². The second kappa shape index (κ2) is 9.63. The third kappa shape index (κ3) is 5.36. The number of amides is 1. The molecule has 0 bridgehead atoms. The van der Waals surface area contributed by atoms with Crippen LogP contribution in [0.1, 0.15) is 22.3 Å². The Morgan fingerprint density at radius 2 is 1.80 bits per heavy atom. The number of rotatable bonds is 6. The minimum atomic E-state index is -4.69. The number of nitrogens with two attached hydrogens (primary N) is 1. The average Bonchev–Trinajstić information content (AvgIpc) is 3.14. The van der Waals surface area contributed by atoms with Gasteiger partial charge in [0, 0.05) is 16.8 Å². The molecule has 0 radical (unpaired) electrons. The number of benzene rings is 3. The Hall–Kier alpha value is -4.11. The molecule has 0 aliphatic carbocycles. The number of para-hydroxylation sites is 1. The maximum atomic E-state index is 13.8. The van der Waals surface area contributed by atoms with E-state index in [2.05, 4.69) is 10.1 Å². The standard InChI is InChI=1S/C26H21F3N2O4/c1-34-25(33)21(30)14-15-6-9-17(10-7-15)35-23-11-8-16(13-20(23)26(27,28)29)12-19-18-4-2-3-5-22(18)31-24(19)32/h2-13,21H,14,30H2,1H3,(H,31,32). The van der Waals surface area contributed by atoms with Crippen molar-refractivity contribution in [2.75, 3.05) is 12.4 Å². The zero-order valence-electron chi connectivity index (χ0n) is 18.6. The molecule has 0 saturated heterocycles. The van der Waals surface area contributed by atoms with E-state index in [0.717, 1.165) is 6.07 Å². The van der Waals surface area contributed by atoms with Crippen molar-refractivity contribution >= 4 is 29.2 Å². The van der Waals surface area contributed by atoms with Gasteiger partial charge >= 0.3 is 12.1 Å². The predicted molar refractivity (Wildman–Crippen MR) is 125 cm³/mol. The highest BCUT2D eigenvalue weighted by Crippen LogP contribution is 2.40. The predicted octanol–water partition coefficient (Wildman–Crippen LogP) is 5.03. The SMILES string of the molecule is COC(=O)C(N)Cc1ccc(Oc2ccc(C=C3C(=O)Nc4ccccc43)cc2C(F)(F)F)cc1. The number of halogens is 3. The number of esters is 1. The second-order valence-corrected chi connectivity index (χ2v) is 7.89. The zero-order chi connectivity index (χ0) is 25.2. The number of alkyl halides is 3. The third-order valence-corrected chi connectivity index (χ3v) is 5.44. The summed E-state index contributed by atoms with van der Waals surface area (Å²) >= 11 is 0. The molecule has 1 aliphatic rings. The molecule has 180 valence electrons. The molecule has 0 aromatic heterocycles. The van der Waals surface area contributed by atoms with E-state index in [1.165, 1.54) is 37.5 Å². The van der Waals surface area contributed by atoms with Gasteiger partial charge in [-0.15, -0.1) is 0 Å². The van der Waals surface area contributed by atoms with E-state index in [1.54, 1.807) is 36.4 Å². The van der Waals surface area contributed by atoms with Crippen LogP contribution >= 0.6 is 0 Å². The fraction of sp³-hybridized carbons (Fsp3) is 0.154. The molecule has 0 fully saturated rings. The summed E-state index contributed by atoms with van der Waals surface area (Å²) in [4.78, 5) is 23.8. The minimum Gasteiger partial charge on any atom is -0.468 e. The van der Waals surface area contributed by atoms with Gasteiger partial charge in [0.15, 0.2) is 0 Å². The first-order chi connectivity index (χ1) is 16.7. The number of ether oxygens (including phenoxy) is 2. The van der Waals surface area contributed by atoms with Crippen LogP contribution in [-0.4, -0.2) is 25.0 Å². The normalized spacial score (nSPS) is 14.9.